The minimum Gasteiger partial charge on any atom is -0.208 e. The predicted molar refractivity (Wildman–Crippen MR) is 239 cm³/mol. The Labute approximate surface area is 348 Å². The van der Waals surface area contributed by atoms with Crippen LogP contribution in [-0.4, -0.2) is 15.0 Å². The molecule has 6 aromatic carbocycles. The van der Waals surface area contributed by atoms with Crippen LogP contribution in [0.25, 0.3) is 67.5 Å². The number of aromatic nitrogens is 3. The van der Waals surface area contributed by atoms with Gasteiger partial charge in [0.15, 0.2) is 17.5 Å². The zero-order chi connectivity index (χ0) is 39.4. The molecular formula is C56H49N3. The van der Waals surface area contributed by atoms with E-state index in [1.165, 1.54) is 94.2 Å². The zero-order valence-corrected chi connectivity index (χ0v) is 34.5. The van der Waals surface area contributed by atoms with Gasteiger partial charge in [0.05, 0.1) is 0 Å². The second kappa shape index (κ2) is 11.7. The van der Waals surface area contributed by atoms with E-state index in [-0.39, 0.29) is 10.8 Å². The molecule has 0 amide bonds. The summed E-state index contributed by atoms with van der Waals surface area (Å²) in [5, 5.41) is 0. The predicted octanol–water partition coefficient (Wildman–Crippen LogP) is 13.8. The first-order chi connectivity index (χ1) is 28.6. The Morgan fingerprint density at radius 1 is 0.390 bits per heavy atom. The maximum absolute atomic E-state index is 5.29. The molecule has 14 rings (SSSR count). The first-order valence-electron chi connectivity index (χ1n) is 22.1. The molecule has 0 spiro atoms. The van der Waals surface area contributed by atoms with Gasteiger partial charge in [-0.25, -0.2) is 15.0 Å². The lowest BCUT2D eigenvalue weighted by Crippen LogP contribution is -2.48. The summed E-state index contributed by atoms with van der Waals surface area (Å²) in [5.74, 6) is 5.39. The van der Waals surface area contributed by atoms with Gasteiger partial charge in [-0.05, 0) is 147 Å². The average molecular weight is 764 g/mol. The largest absolute Gasteiger partial charge is 0.208 e. The van der Waals surface area contributed by atoms with Crippen molar-refractivity contribution in [1.29, 1.82) is 0 Å². The van der Waals surface area contributed by atoms with Gasteiger partial charge in [0, 0.05) is 33.4 Å². The molecule has 1 heterocycles. The molecule has 4 saturated carbocycles. The lowest BCUT2D eigenvalue weighted by Gasteiger charge is -2.59. The Bertz CT molecular complexity index is 2900. The highest BCUT2D eigenvalue weighted by atomic mass is 15.0. The molecule has 7 aliphatic carbocycles. The molecular weight excluding hydrogens is 715 g/mol. The van der Waals surface area contributed by atoms with Crippen LogP contribution >= 0.6 is 0 Å². The average Bonchev–Trinajstić information content (AvgIpc) is 3.79. The van der Waals surface area contributed by atoms with E-state index >= 15 is 0 Å². The van der Waals surface area contributed by atoms with Gasteiger partial charge in [-0.1, -0.05) is 137 Å². The number of fused-ring (bicyclic) bond motifs is 9. The van der Waals surface area contributed by atoms with Crippen molar-refractivity contribution in [2.45, 2.75) is 83.0 Å². The van der Waals surface area contributed by atoms with Crippen molar-refractivity contribution in [1.82, 2.24) is 15.0 Å². The van der Waals surface area contributed by atoms with Gasteiger partial charge in [-0.2, -0.15) is 0 Å². The van der Waals surface area contributed by atoms with Gasteiger partial charge in [0.2, 0.25) is 0 Å². The molecule has 1 aromatic heterocycles. The van der Waals surface area contributed by atoms with Gasteiger partial charge in [-0.15, -0.1) is 0 Å². The highest BCUT2D eigenvalue weighted by molar-refractivity contribution is 5.91. The van der Waals surface area contributed by atoms with Gasteiger partial charge in [-0.3, -0.25) is 0 Å². The van der Waals surface area contributed by atoms with Crippen LogP contribution in [0.1, 0.15) is 106 Å². The van der Waals surface area contributed by atoms with Crippen LogP contribution in [0.3, 0.4) is 0 Å². The van der Waals surface area contributed by atoms with E-state index in [0.29, 0.717) is 28.8 Å². The fourth-order valence-corrected chi connectivity index (χ4v) is 14.0. The number of hydrogen-bond donors (Lipinski definition) is 0. The minimum absolute atomic E-state index is 0.0576. The summed E-state index contributed by atoms with van der Waals surface area (Å²) < 4.78 is 0. The first-order valence-corrected chi connectivity index (χ1v) is 22.1. The third-order valence-electron chi connectivity index (χ3n) is 16.2. The molecule has 59 heavy (non-hydrogen) atoms. The second-order valence-electron chi connectivity index (χ2n) is 20.3. The molecule has 1 atom stereocenters. The van der Waals surface area contributed by atoms with Crippen LogP contribution in [-0.2, 0) is 10.8 Å². The monoisotopic (exact) mass is 763 g/mol. The minimum atomic E-state index is -0.172. The van der Waals surface area contributed by atoms with Crippen molar-refractivity contribution < 1.29 is 0 Å². The van der Waals surface area contributed by atoms with E-state index in [0.717, 1.165) is 34.4 Å². The van der Waals surface area contributed by atoms with E-state index in [1.807, 2.05) is 6.07 Å². The molecule has 1 unspecified atom stereocenters. The second-order valence-corrected chi connectivity index (χ2v) is 20.3. The zero-order valence-electron chi connectivity index (χ0n) is 34.5. The SMILES string of the molecule is CC1(C)c2ccccc2-c2cc(-c3nc(-c4ccccc4)nc(-c4ccc5c(c4)C(C)(C)c4cc6c(cc4-5)-c4ccccc4C6C45CC6CC(CC(C6)C4)C5)n3)ccc21. The summed E-state index contributed by atoms with van der Waals surface area (Å²) in [6.07, 6.45) is 8.67. The molecule has 7 aromatic rings. The van der Waals surface area contributed by atoms with Crippen LogP contribution in [0.2, 0.25) is 0 Å². The van der Waals surface area contributed by atoms with Crippen molar-refractivity contribution in [3.05, 3.63) is 161 Å². The van der Waals surface area contributed by atoms with Gasteiger partial charge in [0.25, 0.3) is 0 Å². The smallest absolute Gasteiger partial charge is 0.164 e. The van der Waals surface area contributed by atoms with Crippen molar-refractivity contribution in [2.24, 2.45) is 23.2 Å². The summed E-state index contributed by atoms with van der Waals surface area (Å²) in [4.78, 5) is 15.7. The summed E-state index contributed by atoms with van der Waals surface area (Å²) in [6, 6.07) is 47.7. The normalized spacial score (nSPS) is 25.2. The maximum atomic E-state index is 5.29. The highest BCUT2D eigenvalue weighted by Gasteiger charge is 2.57. The molecule has 0 radical (unpaired) electrons. The fraction of sp³-hybridized carbons (Fsp3) is 0.304. The topological polar surface area (TPSA) is 38.7 Å². The maximum Gasteiger partial charge on any atom is 0.164 e. The molecule has 3 heteroatoms. The fourth-order valence-electron chi connectivity index (χ4n) is 14.0. The Morgan fingerprint density at radius 2 is 0.915 bits per heavy atom. The molecule has 288 valence electrons. The summed E-state index contributed by atoms with van der Waals surface area (Å²) in [6.45, 7) is 9.53. The molecule has 0 aliphatic heterocycles. The van der Waals surface area contributed by atoms with Gasteiger partial charge in [0.1, 0.15) is 0 Å². The number of benzene rings is 6. The number of hydrogen-bond acceptors (Lipinski definition) is 3. The molecule has 4 bridgehead atoms. The van der Waals surface area contributed by atoms with Crippen molar-refractivity contribution in [3.8, 4) is 67.5 Å². The van der Waals surface area contributed by atoms with Crippen LogP contribution in [0.15, 0.2) is 127 Å². The summed E-state index contributed by atoms with van der Waals surface area (Å²) in [7, 11) is 0. The number of nitrogens with zero attached hydrogens (tertiary/aromatic N) is 3. The Balaban J connectivity index is 0.936. The van der Waals surface area contributed by atoms with E-state index in [9.17, 15) is 0 Å². The standard InChI is InChI=1S/C56H49N3/c1-54(2)46-17-11-10-15-39(46)43-25-36(19-21-47(43)54)52-57-51(35-12-6-5-7-13-35)58-53(59-52)37-18-20-40-44-27-42-38-14-8-9-16-41(38)50(45(42)28-49(44)55(3,4)48(40)26-37)56-29-32-22-33(30-56)24-34(23-32)31-56/h5-21,25-28,32-34,50H,22-24,29-31H2,1-4H3. The van der Waals surface area contributed by atoms with E-state index < -0.39 is 0 Å². The van der Waals surface area contributed by atoms with Crippen molar-refractivity contribution in [3.63, 3.8) is 0 Å². The van der Waals surface area contributed by atoms with Crippen LogP contribution in [0.5, 0.6) is 0 Å². The summed E-state index contributed by atoms with van der Waals surface area (Å²) in [5.41, 5.74) is 20.2. The van der Waals surface area contributed by atoms with Crippen LogP contribution < -0.4 is 0 Å². The summed E-state index contributed by atoms with van der Waals surface area (Å²) >= 11 is 0. The Hall–Kier alpha value is -5.67. The molecule has 0 saturated heterocycles. The van der Waals surface area contributed by atoms with Gasteiger partial charge < -0.3 is 0 Å². The van der Waals surface area contributed by atoms with Crippen LogP contribution in [0.4, 0.5) is 0 Å². The van der Waals surface area contributed by atoms with Crippen molar-refractivity contribution >= 4 is 0 Å². The molecule has 4 fully saturated rings. The lowest BCUT2D eigenvalue weighted by molar-refractivity contribution is -0.0612. The van der Waals surface area contributed by atoms with E-state index in [2.05, 4.69) is 149 Å². The first kappa shape index (κ1) is 34.2. The molecule has 3 nitrogen and oxygen atoms in total. The molecule has 0 N–H and O–H groups in total. The highest BCUT2D eigenvalue weighted by Crippen LogP contribution is 2.69. The van der Waals surface area contributed by atoms with E-state index in [4.69, 9.17) is 15.0 Å². The van der Waals surface area contributed by atoms with Crippen molar-refractivity contribution in [2.75, 3.05) is 0 Å². The Kier molecular flexibility index (Phi) is 6.81. The lowest BCUT2D eigenvalue weighted by atomic mass is 9.45. The quantitative estimate of drug-likeness (QED) is 0.179. The van der Waals surface area contributed by atoms with Gasteiger partial charge >= 0.3 is 0 Å². The van der Waals surface area contributed by atoms with Crippen LogP contribution in [0, 0.1) is 23.2 Å². The third-order valence-corrected chi connectivity index (χ3v) is 16.2. The Morgan fingerprint density at radius 3 is 1.64 bits per heavy atom. The molecule has 7 aliphatic rings. The number of rotatable bonds is 4. The van der Waals surface area contributed by atoms with E-state index in [1.54, 1.807) is 11.1 Å². The third kappa shape index (κ3) is 4.73.